The zero-order chi connectivity index (χ0) is 21.0. The molecule has 2 unspecified atom stereocenters. The van der Waals surface area contributed by atoms with Gasteiger partial charge in [-0.1, -0.05) is 30.7 Å². The molecule has 1 aliphatic rings. The lowest BCUT2D eigenvalue weighted by atomic mass is 10.0. The van der Waals surface area contributed by atoms with Crippen molar-refractivity contribution in [3.63, 3.8) is 0 Å². The molecule has 2 atom stereocenters. The van der Waals surface area contributed by atoms with Crippen LogP contribution in [-0.2, 0) is 14.8 Å². The van der Waals surface area contributed by atoms with Crippen LogP contribution in [0.25, 0.3) is 0 Å². The fraction of sp³-hybridized carbons (Fsp3) is 0.350. The standard InChI is InChI=1S/C20H26N4O4S/c1-4-21-29(26,27)19-11-14(7-10-18(19)28-3)16-12-17(24-23-16)20(25)22-15-8-5-13(2)6-9-15/h5-11,16-17,21,23-24H,4,12H2,1-3H3,(H,22,25). The zero-order valence-corrected chi connectivity index (χ0v) is 17.5. The van der Waals surface area contributed by atoms with Gasteiger partial charge in [0.05, 0.1) is 7.11 Å². The Morgan fingerprint density at radius 2 is 1.90 bits per heavy atom. The lowest BCUT2D eigenvalue weighted by Gasteiger charge is -2.15. The fourth-order valence-corrected chi connectivity index (χ4v) is 4.44. The number of hydrogen-bond donors (Lipinski definition) is 4. The van der Waals surface area contributed by atoms with Crippen LogP contribution in [0.4, 0.5) is 5.69 Å². The number of rotatable bonds is 7. The first kappa shape index (κ1) is 21.3. The fourth-order valence-electron chi connectivity index (χ4n) is 3.20. The van der Waals surface area contributed by atoms with Crippen molar-refractivity contribution >= 4 is 21.6 Å². The number of sulfonamides is 1. The molecular formula is C20H26N4O4S. The number of ether oxygens (including phenoxy) is 1. The minimum Gasteiger partial charge on any atom is -0.495 e. The molecule has 156 valence electrons. The molecule has 1 amide bonds. The van der Waals surface area contributed by atoms with E-state index in [4.69, 9.17) is 4.74 Å². The zero-order valence-electron chi connectivity index (χ0n) is 16.7. The van der Waals surface area contributed by atoms with Gasteiger partial charge in [0.1, 0.15) is 16.7 Å². The van der Waals surface area contributed by atoms with Crippen molar-refractivity contribution in [3.05, 3.63) is 53.6 Å². The van der Waals surface area contributed by atoms with Crippen LogP contribution in [0, 0.1) is 6.92 Å². The summed E-state index contributed by atoms with van der Waals surface area (Å²) in [7, 11) is -2.25. The van der Waals surface area contributed by atoms with Gasteiger partial charge in [-0.15, -0.1) is 0 Å². The summed E-state index contributed by atoms with van der Waals surface area (Å²) < 4.78 is 32.7. The molecule has 8 nitrogen and oxygen atoms in total. The van der Waals surface area contributed by atoms with Crippen molar-refractivity contribution in [2.45, 2.75) is 37.2 Å². The molecule has 1 heterocycles. The molecule has 3 rings (SSSR count). The molecule has 1 aliphatic heterocycles. The summed E-state index contributed by atoms with van der Waals surface area (Å²) in [5.74, 6) is 0.118. The Kier molecular flexibility index (Phi) is 6.53. The lowest BCUT2D eigenvalue weighted by Crippen LogP contribution is -2.39. The molecule has 0 saturated carbocycles. The molecule has 0 aromatic heterocycles. The summed E-state index contributed by atoms with van der Waals surface area (Å²) in [4.78, 5) is 12.6. The van der Waals surface area contributed by atoms with E-state index >= 15 is 0 Å². The highest BCUT2D eigenvalue weighted by atomic mass is 32.2. The Hall–Kier alpha value is -2.46. The summed E-state index contributed by atoms with van der Waals surface area (Å²) in [6.45, 7) is 3.98. The lowest BCUT2D eigenvalue weighted by molar-refractivity contribution is -0.117. The average molecular weight is 419 g/mol. The van der Waals surface area contributed by atoms with Crippen LogP contribution in [0.1, 0.15) is 30.5 Å². The van der Waals surface area contributed by atoms with E-state index in [0.29, 0.717) is 6.42 Å². The van der Waals surface area contributed by atoms with Crippen LogP contribution in [0.2, 0.25) is 0 Å². The number of amides is 1. The van der Waals surface area contributed by atoms with Crippen LogP contribution in [0.15, 0.2) is 47.4 Å². The van der Waals surface area contributed by atoms with Gasteiger partial charge in [-0.2, -0.15) is 0 Å². The molecule has 1 saturated heterocycles. The van der Waals surface area contributed by atoms with Gasteiger partial charge in [0.25, 0.3) is 0 Å². The summed E-state index contributed by atoms with van der Waals surface area (Å²) >= 11 is 0. The monoisotopic (exact) mass is 418 g/mol. The number of carbonyl (C=O) groups excluding carboxylic acids is 1. The van der Waals surface area contributed by atoms with Crippen molar-refractivity contribution in [2.75, 3.05) is 19.0 Å². The number of benzene rings is 2. The SMILES string of the molecule is CCNS(=O)(=O)c1cc(C2CC(C(=O)Nc3ccc(C)cc3)NN2)ccc1OC. The minimum absolute atomic E-state index is 0.0775. The van der Waals surface area contributed by atoms with E-state index in [1.165, 1.54) is 7.11 Å². The molecule has 0 bridgehead atoms. The topological polar surface area (TPSA) is 109 Å². The van der Waals surface area contributed by atoms with Gasteiger partial charge < -0.3 is 10.1 Å². The Balaban J connectivity index is 1.74. The van der Waals surface area contributed by atoms with Crippen molar-refractivity contribution in [1.82, 2.24) is 15.6 Å². The third-order valence-electron chi connectivity index (χ3n) is 4.75. The highest BCUT2D eigenvalue weighted by molar-refractivity contribution is 7.89. The Morgan fingerprint density at radius 3 is 2.55 bits per heavy atom. The van der Waals surface area contributed by atoms with Crippen molar-refractivity contribution in [3.8, 4) is 5.75 Å². The quantitative estimate of drug-likeness (QED) is 0.547. The van der Waals surface area contributed by atoms with Gasteiger partial charge in [0.15, 0.2) is 0 Å². The number of methoxy groups -OCH3 is 1. The molecule has 2 aromatic rings. The number of hydrazine groups is 1. The second-order valence-corrected chi connectivity index (χ2v) is 8.63. The van der Waals surface area contributed by atoms with E-state index in [1.54, 1.807) is 25.1 Å². The second kappa shape index (κ2) is 8.91. The van der Waals surface area contributed by atoms with E-state index in [2.05, 4.69) is 20.9 Å². The smallest absolute Gasteiger partial charge is 0.244 e. The molecule has 4 N–H and O–H groups in total. The van der Waals surface area contributed by atoms with Gasteiger partial charge in [-0.25, -0.2) is 24.0 Å². The summed E-state index contributed by atoms with van der Waals surface area (Å²) in [5, 5.41) is 2.89. The van der Waals surface area contributed by atoms with Gasteiger partial charge in [0, 0.05) is 18.3 Å². The highest BCUT2D eigenvalue weighted by Gasteiger charge is 2.31. The van der Waals surface area contributed by atoms with Crippen LogP contribution in [0.5, 0.6) is 5.75 Å². The Morgan fingerprint density at radius 1 is 1.17 bits per heavy atom. The molecule has 0 spiro atoms. The number of carbonyl (C=O) groups is 1. The van der Waals surface area contributed by atoms with Crippen LogP contribution in [0.3, 0.4) is 0 Å². The summed E-state index contributed by atoms with van der Waals surface area (Å²) in [6, 6.07) is 11.9. The van der Waals surface area contributed by atoms with Gasteiger partial charge in [-0.05, 0) is 43.2 Å². The highest BCUT2D eigenvalue weighted by Crippen LogP contribution is 2.30. The first-order chi connectivity index (χ1) is 13.8. The Labute approximate surface area is 171 Å². The molecule has 2 aromatic carbocycles. The minimum atomic E-state index is -3.68. The largest absolute Gasteiger partial charge is 0.495 e. The van der Waals surface area contributed by atoms with E-state index in [1.807, 2.05) is 31.2 Å². The molecule has 1 fully saturated rings. The maximum absolute atomic E-state index is 12.5. The van der Waals surface area contributed by atoms with E-state index < -0.39 is 16.1 Å². The van der Waals surface area contributed by atoms with Crippen LogP contribution in [-0.4, -0.2) is 34.0 Å². The number of hydrogen-bond acceptors (Lipinski definition) is 6. The maximum atomic E-state index is 12.5. The van der Waals surface area contributed by atoms with Crippen molar-refractivity contribution in [1.29, 1.82) is 0 Å². The van der Waals surface area contributed by atoms with Crippen molar-refractivity contribution in [2.24, 2.45) is 0 Å². The molecule has 0 radical (unpaired) electrons. The van der Waals surface area contributed by atoms with E-state index in [0.717, 1.165) is 16.8 Å². The van der Waals surface area contributed by atoms with Crippen LogP contribution >= 0.6 is 0 Å². The normalized spacial score (nSPS) is 19.1. The van der Waals surface area contributed by atoms with Crippen LogP contribution < -0.4 is 25.6 Å². The van der Waals surface area contributed by atoms with E-state index in [-0.39, 0.29) is 29.1 Å². The third-order valence-corrected chi connectivity index (χ3v) is 6.32. The van der Waals surface area contributed by atoms with Gasteiger partial charge in [0.2, 0.25) is 15.9 Å². The molecular weight excluding hydrogens is 392 g/mol. The average Bonchev–Trinajstić information content (AvgIpc) is 3.19. The Bertz CT molecular complexity index is 976. The third kappa shape index (κ3) is 4.94. The summed E-state index contributed by atoms with van der Waals surface area (Å²) in [6.07, 6.45) is 0.477. The number of anilines is 1. The summed E-state index contributed by atoms with van der Waals surface area (Å²) in [5.41, 5.74) is 8.67. The molecule has 9 heteroatoms. The second-order valence-electron chi connectivity index (χ2n) is 6.90. The molecule has 0 aliphatic carbocycles. The number of nitrogens with one attached hydrogen (secondary N) is 4. The molecule has 29 heavy (non-hydrogen) atoms. The van der Waals surface area contributed by atoms with Gasteiger partial charge in [-0.3, -0.25) is 4.79 Å². The predicted octanol–water partition coefficient (Wildman–Crippen LogP) is 1.85. The van der Waals surface area contributed by atoms with E-state index in [9.17, 15) is 13.2 Å². The maximum Gasteiger partial charge on any atom is 0.244 e. The first-order valence-corrected chi connectivity index (χ1v) is 10.9. The number of aryl methyl sites for hydroxylation is 1. The predicted molar refractivity (Wildman–Crippen MR) is 111 cm³/mol. The van der Waals surface area contributed by atoms with Gasteiger partial charge >= 0.3 is 0 Å². The first-order valence-electron chi connectivity index (χ1n) is 9.40. The van der Waals surface area contributed by atoms with Crippen molar-refractivity contribution < 1.29 is 17.9 Å².